The number of hydrogen-bond donors (Lipinski definition) is 3. The molecule has 0 spiro atoms. The van der Waals surface area contributed by atoms with E-state index >= 15 is 0 Å². The van der Waals surface area contributed by atoms with Gasteiger partial charge in [0.1, 0.15) is 6.04 Å². The number of sulfonamides is 1. The molecule has 3 N–H and O–H groups in total. The molecule has 1 atom stereocenters. The number of phenolic OH excluding ortho intramolecular Hbond substituents is 1. The zero-order chi connectivity index (χ0) is 21.6. The van der Waals surface area contributed by atoms with Crippen molar-refractivity contribution in [2.24, 2.45) is 11.0 Å². The number of methoxy groups -OCH3 is 1. The lowest BCUT2D eigenvalue weighted by molar-refractivity contribution is -0.123. The van der Waals surface area contributed by atoms with Gasteiger partial charge >= 0.3 is 0 Å². The maximum atomic E-state index is 12.6. The summed E-state index contributed by atoms with van der Waals surface area (Å²) < 4.78 is 32.6. The van der Waals surface area contributed by atoms with Gasteiger partial charge in [0, 0.05) is 0 Å². The number of phenols is 1. The summed E-state index contributed by atoms with van der Waals surface area (Å²) >= 11 is 0. The predicted molar refractivity (Wildman–Crippen MR) is 111 cm³/mol. The van der Waals surface area contributed by atoms with Gasteiger partial charge in [0.2, 0.25) is 10.0 Å². The number of aromatic hydroxyl groups is 1. The van der Waals surface area contributed by atoms with E-state index in [4.69, 9.17) is 4.74 Å². The van der Waals surface area contributed by atoms with Crippen molar-refractivity contribution in [3.8, 4) is 11.5 Å². The number of hydrogen-bond acceptors (Lipinski definition) is 6. The molecule has 0 aliphatic rings. The molecule has 0 saturated heterocycles. The molecular weight excluding hydrogens is 394 g/mol. The lowest BCUT2D eigenvalue weighted by Gasteiger charge is -2.20. The molecule has 2 aromatic rings. The Hall–Kier alpha value is -2.91. The maximum absolute atomic E-state index is 12.6. The maximum Gasteiger partial charge on any atom is 0.258 e. The first-order valence-corrected chi connectivity index (χ1v) is 10.4. The molecule has 8 nitrogen and oxygen atoms in total. The second kappa shape index (κ2) is 9.53. The van der Waals surface area contributed by atoms with Crippen molar-refractivity contribution in [3.63, 3.8) is 0 Å². The molecule has 0 aliphatic carbocycles. The lowest BCUT2D eigenvalue weighted by Crippen LogP contribution is -2.48. The van der Waals surface area contributed by atoms with E-state index < -0.39 is 22.0 Å². The van der Waals surface area contributed by atoms with Crippen LogP contribution in [0, 0.1) is 12.8 Å². The molecule has 0 fully saturated rings. The summed E-state index contributed by atoms with van der Waals surface area (Å²) in [6.07, 6.45) is 1.37. The number of carbonyl (C=O) groups is 1. The Morgan fingerprint density at radius 1 is 1.17 bits per heavy atom. The first-order chi connectivity index (χ1) is 13.6. The number of rotatable bonds is 8. The summed E-state index contributed by atoms with van der Waals surface area (Å²) in [5.74, 6) is -0.637. The summed E-state index contributed by atoms with van der Waals surface area (Å²) in [5.41, 5.74) is 3.87. The Bertz CT molecular complexity index is 986. The van der Waals surface area contributed by atoms with E-state index in [1.807, 2.05) is 6.92 Å². The van der Waals surface area contributed by atoms with Crippen LogP contribution < -0.4 is 14.9 Å². The fourth-order valence-corrected chi connectivity index (χ4v) is 3.80. The highest BCUT2D eigenvalue weighted by Gasteiger charge is 2.28. The average Bonchev–Trinajstić information content (AvgIpc) is 2.67. The van der Waals surface area contributed by atoms with Gasteiger partial charge in [-0.2, -0.15) is 9.82 Å². The highest BCUT2D eigenvalue weighted by atomic mass is 32.2. The second-order valence-electron chi connectivity index (χ2n) is 6.82. The van der Waals surface area contributed by atoms with Gasteiger partial charge in [0.25, 0.3) is 5.91 Å². The van der Waals surface area contributed by atoms with Crippen LogP contribution in [-0.2, 0) is 14.8 Å². The van der Waals surface area contributed by atoms with Crippen LogP contribution in [0.3, 0.4) is 0 Å². The van der Waals surface area contributed by atoms with Crippen molar-refractivity contribution < 1.29 is 23.1 Å². The molecule has 0 unspecified atom stereocenters. The zero-order valence-corrected chi connectivity index (χ0v) is 17.5. The smallest absolute Gasteiger partial charge is 0.258 e. The number of nitrogens with one attached hydrogen (secondary N) is 2. The van der Waals surface area contributed by atoms with E-state index in [-0.39, 0.29) is 22.3 Å². The van der Waals surface area contributed by atoms with Crippen molar-refractivity contribution in [2.45, 2.75) is 31.7 Å². The quantitative estimate of drug-likeness (QED) is 0.448. The van der Waals surface area contributed by atoms with Crippen LogP contribution in [0.25, 0.3) is 0 Å². The number of amides is 1. The molecule has 9 heteroatoms. The van der Waals surface area contributed by atoms with Crippen LogP contribution in [0.2, 0.25) is 0 Å². The SMILES string of the molecule is COc1cc(/C=N\NC(=O)[C@@H](NS(=O)(=O)c2ccc(C)cc2)C(C)C)ccc1O. The summed E-state index contributed by atoms with van der Waals surface area (Å²) in [6, 6.07) is 9.93. The summed E-state index contributed by atoms with van der Waals surface area (Å²) in [6.45, 7) is 5.32. The van der Waals surface area contributed by atoms with Gasteiger partial charge in [-0.1, -0.05) is 31.5 Å². The molecule has 1 amide bonds. The first kappa shape index (κ1) is 22.4. The monoisotopic (exact) mass is 419 g/mol. The van der Waals surface area contributed by atoms with E-state index in [0.717, 1.165) is 5.56 Å². The Morgan fingerprint density at radius 2 is 1.83 bits per heavy atom. The largest absolute Gasteiger partial charge is 0.504 e. The fraction of sp³-hybridized carbons (Fsp3) is 0.300. The Balaban J connectivity index is 2.10. The van der Waals surface area contributed by atoms with Crippen LogP contribution in [0.1, 0.15) is 25.0 Å². The van der Waals surface area contributed by atoms with Crippen LogP contribution in [0.4, 0.5) is 0 Å². The van der Waals surface area contributed by atoms with Crippen LogP contribution in [0.5, 0.6) is 11.5 Å². The van der Waals surface area contributed by atoms with Gasteiger partial charge < -0.3 is 9.84 Å². The number of carbonyl (C=O) groups excluding carboxylic acids is 1. The summed E-state index contributed by atoms with van der Waals surface area (Å²) in [4.78, 5) is 12.6. The molecular formula is C20H25N3O5S. The standard InChI is InChI=1S/C20H25N3O5S/c1-13(2)19(23-29(26,27)16-8-5-14(3)6-9-16)20(25)22-21-12-15-7-10-17(24)18(11-15)28-4/h5-13,19,23-24H,1-4H3,(H,22,25)/b21-12-/t19-/m0/s1. The summed E-state index contributed by atoms with van der Waals surface area (Å²) in [7, 11) is -2.44. The highest BCUT2D eigenvalue weighted by molar-refractivity contribution is 7.89. The molecule has 2 aromatic carbocycles. The van der Waals surface area contributed by atoms with Gasteiger partial charge in [-0.15, -0.1) is 0 Å². The van der Waals surface area contributed by atoms with Crippen molar-refractivity contribution in [3.05, 3.63) is 53.6 Å². The van der Waals surface area contributed by atoms with Crippen molar-refractivity contribution in [2.75, 3.05) is 7.11 Å². The van der Waals surface area contributed by atoms with E-state index in [0.29, 0.717) is 5.56 Å². The average molecular weight is 420 g/mol. The minimum atomic E-state index is -3.86. The number of ether oxygens (including phenoxy) is 1. The third-order valence-electron chi connectivity index (χ3n) is 4.15. The third kappa shape index (κ3) is 6.03. The fourth-order valence-electron chi connectivity index (χ4n) is 2.46. The summed E-state index contributed by atoms with van der Waals surface area (Å²) in [5, 5.41) is 13.5. The normalized spacial score (nSPS) is 12.9. The van der Waals surface area contributed by atoms with Crippen molar-refractivity contribution in [1.29, 1.82) is 0 Å². The number of hydrazone groups is 1. The Kier molecular flexibility index (Phi) is 7.35. The van der Waals surface area contributed by atoms with Crippen LogP contribution >= 0.6 is 0 Å². The molecule has 0 bridgehead atoms. The molecule has 0 saturated carbocycles. The van der Waals surface area contributed by atoms with Gasteiger partial charge in [-0.05, 0) is 48.7 Å². The number of nitrogens with zero attached hydrogens (tertiary/aromatic N) is 1. The Morgan fingerprint density at radius 3 is 2.41 bits per heavy atom. The van der Waals surface area contributed by atoms with Gasteiger partial charge in [0.05, 0.1) is 18.2 Å². The minimum absolute atomic E-state index is 0.0148. The van der Waals surface area contributed by atoms with Gasteiger partial charge in [0.15, 0.2) is 11.5 Å². The Labute approximate surface area is 170 Å². The van der Waals surface area contributed by atoms with E-state index in [2.05, 4.69) is 15.2 Å². The number of benzene rings is 2. The first-order valence-electron chi connectivity index (χ1n) is 8.93. The predicted octanol–water partition coefficient (Wildman–Crippen LogP) is 2.16. The van der Waals surface area contributed by atoms with E-state index in [9.17, 15) is 18.3 Å². The van der Waals surface area contributed by atoms with Crippen LogP contribution in [0.15, 0.2) is 52.5 Å². The van der Waals surface area contributed by atoms with Crippen molar-refractivity contribution in [1.82, 2.24) is 10.1 Å². The lowest BCUT2D eigenvalue weighted by atomic mass is 10.1. The number of aryl methyl sites for hydroxylation is 1. The van der Waals surface area contributed by atoms with Gasteiger partial charge in [-0.25, -0.2) is 13.8 Å². The molecule has 0 radical (unpaired) electrons. The van der Waals surface area contributed by atoms with Gasteiger partial charge in [-0.3, -0.25) is 4.79 Å². The molecule has 2 rings (SSSR count). The van der Waals surface area contributed by atoms with E-state index in [1.165, 1.54) is 31.5 Å². The molecule has 156 valence electrons. The minimum Gasteiger partial charge on any atom is -0.504 e. The topological polar surface area (TPSA) is 117 Å². The highest BCUT2D eigenvalue weighted by Crippen LogP contribution is 2.25. The zero-order valence-electron chi connectivity index (χ0n) is 16.7. The molecule has 0 heterocycles. The molecule has 0 aliphatic heterocycles. The molecule has 0 aromatic heterocycles. The van der Waals surface area contributed by atoms with Crippen LogP contribution in [-0.4, -0.2) is 38.8 Å². The van der Waals surface area contributed by atoms with Crippen molar-refractivity contribution >= 4 is 22.1 Å². The van der Waals surface area contributed by atoms with E-state index in [1.54, 1.807) is 38.1 Å². The third-order valence-corrected chi connectivity index (χ3v) is 5.61. The second-order valence-corrected chi connectivity index (χ2v) is 8.54. The molecule has 29 heavy (non-hydrogen) atoms.